The second-order valence-electron chi connectivity index (χ2n) is 7.37. The monoisotopic (exact) mass is 414 g/mol. The summed E-state index contributed by atoms with van der Waals surface area (Å²) in [6, 6.07) is 15.4. The topological polar surface area (TPSA) is 58.6 Å². The Bertz CT molecular complexity index is 836. The number of rotatable bonds is 8. The summed E-state index contributed by atoms with van der Waals surface area (Å²) in [6.07, 6.45) is 2.41. The number of ether oxygens (including phenoxy) is 1. The van der Waals surface area contributed by atoms with Gasteiger partial charge in [-0.05, 0) is 61.7 Å². The first kappa shape index (κ1) is 21.3. The number of nitrogens with one attached hydrogen (secondary N) is 1. The van der Waals surface area contributed by atoms with Crippen LogP contribution in [0.5, 0.6) is 0 Å². The summed E-state index contributed by atoms with van der Waals surface area (Å²) in [5.74, 6) is -0.110. The summed E-state index contributed by atoms with van der Waals surface area (Å²) >= 11 is 5.99. The van der Waals surface area contributed by atoms with E-state index in [2.05, 4.69) is 12.2 Å². The van der Waals surface area contributed by atoms with Gasteiger partial charge in [-0.25, -0.2) is 4.79 Å². The van der Waals surface area contributed by atoms with Crippen molar-refractivity contribution in [2.45, 2.75) is 44.8 Å². The molecule has 0 saturated carbocycles. The van der Waals surface area contributed by atoms with Crippen molar-refractivity contribution in [3.63, 3.8) is 0 Å². The maximum absolute atomic E-state index is 12.5. The molecule has 0 bridgehead atoms. The predicted octanol–water partition coefficient (Wildman–Crippen LogP) is 4.36. The maximum Gasteiger partial charge on any atom is 0.337 e. The molecule has 6 heteroatoms. The molecule has 1 fully saturated rings. The largest absolute Gasteiger partial charge is 0.465 e. The number of esters is 1. The number of benzene rings is 2. The van der Waals surface area contributed by atoms with E-state index in [4.69, 9.17) is 16.3 Å². The van der Waals surface area contributed by atoms with Crippen molar-refractivity contribution in [1.82, 2.24) is 10.2 Å². The standard InChI is InChI=1S/C23H27ClN2O3/c1-16(18-7-9-20(24)10-8-18)26-21(11-12-22(26)27)13-14-25-15-17-3-5-19(6-4-17)23(28)29-2/h3-10,16,21,25H,11-15H2,1-2H3/t16-,21+/m1/s1. The lowest BCUT2D eigenvalue weighted by atomic mass is 10.0. The Hall–Kier alpha value is -2.37. The molecular formula is C23H27ClN2O3. The first-order valence-corrected chi connectivity index (χ1v) is 10.3. The van der Waals surface area contributed by atoms with Crippen LogP contribution in [0, 0.1) is 0 Å². The minimum Gasteiger partial charge on any atom is -0.465 e. The van der Waals surface area contributed by atoms with Crippen molar-refractivity contribution in [2.24, 2.45) is 0 Å². The first-order valence-electron chi connectivity index (χ1n) is 9.94. The predicted molar refractivity (Wildman–Crippen MR) is 114 cm³/mol. The molecule has 2 aromatic rings. The van der Waals surface area contributed by atoms with Crippen LogP contribution in [0.4, 0.5) is 0 Å². The van der Waals surface area contributed by atoms with Gasteiger partial charge in [-0.15, -0.1) is 0 Å². The third kappa shape index (κ3) is 5.37. The van der Waals surface area contributed by atoms with Crippen molar-refractivity contribution in [2.75, 3.05) is 13.7 Å². The molecule has 1 heterocycles. The van der Waals surface area contributed by atoms with E-state index in [0.29, 0.717) is 17.0 Å². The van der Waals surface area contributed by atoms with E-state index in [1.165, 1.54) is 7.11 Å². The molecule has 0 aromatic heterocycles. The normalized spacial score (nSPS) is 17.4. The lowest BCUT2D eigenvalue weighted by Crippen LogP contribution is -2.37. The average molecular weight is 415 g/mol. The molecule has 1 amide bonds. The molecule has 0 spiro atoms. The lowest BCUT2D eigenvalue weighted by molar-refractivity contribution is -0.131. The number of carbonyl (C=O) groups excluding carboxylic acids is 2. The van der Waals surface area contributed by atoms with E-state index in [1.807, 2.05) is 41.3 Å². The fourth-order valence-corrected chi connectivity index (χ4v) is 3.98. The summed E-state index contributed by atoms with van der Waals surface area (Å²) in [4.78, 5) is 26.0. The molecule has 2 aromatic carbocycles. The van der Waals surface area contributed by atoms with Crippen LogP contribution in [0.2, 0.25) is 5.02 Å². The van der Waals surface area contributed by atoms with Crippen molar-refractivity contribution < 1.29 is 14.3 Å². The number of methoxy groups -OCH3 is 1. The Morgan fingerprint density at radius 3 is 2.55 bits per heavy atom. The van der Waals surface area contributed by atoms with E-state index in [1.54, 1.807) is 12.1 Å². The zero-order valence-corrected chi connectivity index (χ0v) is 17.6. The van der Waals surface area contributed by atoms with E-state index >= 15 is 0 Å². The van der Waals surface area contributed by atoms with Crippen LogP contribution < -0.4 is 5.32 Å². The second-order valence-corrected chi connectivity index (χ2v) is 7.81. The van der Waals surface area contributed by atoms with Gasteiger partial charge in [0.05, 0.1) is 18.7 Å². The summed E-state index contributed by atoms with van der Waals surface area (Å²) in [6.45, 7) is 3.62. The number of likely N-dealkylation sites (tertiary alicyclic amines) is 1. The van der Waals surface area contributed by atoms with Crippen molar-refractivity contribution >= 4 is 23.5 Å². The summed E-state index contributed by atoms with van der Waals surface area (Å²) < 4.78 is 4.71. The SMILES string of the molecule is COC(=O)c1ccc(CNCC[C@@H]2CCC(=O)N2[C@H](C)c2ccc(Cl)cc2)cc1. The number of hydrogen-bond donors (Lipinski definition) is 1. The van der Waals surface area contributed by atoms with Crippen LogP contribution in [0.1, 0.15) is 53.7 Å². The van der Waals surface area contributed by atoms with Gasteiger partial charge in [0.15, 0.2) is 0 Å². The Morgan fingerprint density at radius 2 is 1.90 bits per heavy atom. The van der Waals surface area contributed by atoms with Gasteiger partial charge in [0.25, 0.3) is 0 Å². The number of halogens is 1. The molecule has 29 heavy (non-hydrogen) atoms. The molecule has 1 N–H and O–H groups in total. The smallest absolute Gasteiger partial charge is 0.337 e. The van der Waals surface area contributed by atoms with E-state index in [-0.39, 0.29) is 24.0 Å². The zero-order valence-electron chi connectivity index (χ0n) is 16.9. The van der Waals surface area contributed by atoms with Gasteiger partial charge in [-0.2, -0.15) is 0 Å². The molecular weight excluding hydrogens is 388 g/mol. The van der Waals surface area contributed by atoms with E-state index in [0.717, 1.165) is 37.1 Å². The molecule has 3 rings (SSSR count). The number of nitrogens with zero attached hydrogens (tertiary/aromatic N) is 1. The molecule has 0 aliphatic carbocycles. The van der Waals surface area contributed by atoms with Crippen molar-refractivity contribution in [3.05, 3.63) is 70.2 Å². The van der Waals surface area contributed by atoms with Crippen LogP contribution in [0.3, 0.4) is 0 Å². The molecule has 0 unspecified atom stereocenters. The zero-order chi connectivity index (χ0) is 20.8. The Balaban J connectivity index is 1.51. The third-order valence-electron chi connectivity index (χ3n) is 5.50. The minimum atomic E-state index is -0.328. The van der Waals surface area contributed by atoms with Crippen LogP contribution in [0.15, 0.2) is 48.5 Å². The van der Waals surface area contributed by atoms with Gasteiger partial charge in [0.2, 0.25) is 5.91 Å². The highest BCUT2D eigenvalue weighted by Crippen LogP contribution is 2.32. The highest BCUT2D eigenvalue weighted by molar-refractivity contribution is 6.30. The Labute approximate surface area is 177 Å². The number of hydrogen-bond acceptors (Lipinski definition) is 4. The molecule has 1 aliphatic heterocycles. The maximum atomic E-state index is 12.5. The van der Waals surface area contributed by atoms with Gasteiger partial charge >= 0.3 is 5.97 Å². The minimum absolute atomic E-state index is 0.0399. The number of carbonyl (C=O) groups is 2. The van der Waals surface area contributed by atoms with Crippen LogP contribution in [0.25, 0.3) is 0 Å². The highest BCUT2D eigenvalue weighted by atomic mass is 35.5. The van der Waals surface area contributed by atoms with Gasteiger partial charge in [-0.1, -0.05) is 35.9 Å². The van der Waals surface area contributed by atoms with Crippen molar-refractivity contribution in [1.29, 1.82) is 0 Å². The number of amides is 1. The Morgan fingerprint density at radius 1 is 1.21 bits per heavy atom. The van der Waals surface area contributed by atoms with E-state index < -0.39 is 0 Å². The third-order valence-corrected chi connectivity index (χ3v) is 5.75. The molecule has 1 aliphatic rings. The van der Waals surface area contributed by atoms with Crippen LogP contribution in [-0.4, -0.2) is 36.5 Å². The fraction of sp³-hybridized carbons (Fsp3) is 0.391. The van der Waals surface area contributed by atoms with E-state index in [9.17, 15) is 9.59 Å². The van der Waals surface area contributed by atoms with Crippen molar-refractivity contribution in [3.8, 4) is 0 Å². The quantitative estimate of drug-likeness (QED) is 0.515. The lowest BCUT2D eigenvalue weighted by Gasteiger charge is -2.31. The second kappa shape index (κ2) is 9.90. The molecule has 2 atom stereocenters. The highest BCUT2D eigenvalue weighted by Gasteiger charge is 2.34. The van der Waals surface area contributed by atoms with Crippen LogP contribution in [-0.2, 0) is 16.1 Å². The summed E-state index contributed by atoms with van der Waals surface area (Å²) in [5.41, 5.74) is 2.76. The molecule has 5 nitrogen and oxygen atoms in total. The molecule has 154 valence electrons. The summed E-state index contributed by atoms with van der Waals surface area (Å²) in [5, 5.41) is 4.14. The van der Waals surface area contributed by atoms with Crippen LogP contribution >= 0.6 is 11.6 Å². The Kier molecular flexibility index (Phi) is 7.29. The van der Waals surface area contributed by atoms with Gasteiger partial charge < -0.3 is 15.0 Å². The fourth-order valence-electron chi connectivity index (χ4n) is 3.86. The summed E-state index contributed by atoms with van der Waals surface area (Å²) in [7, 11) is 1.38. The molecule has 1 saturated heterocycles. The van der Waals surface area contributed by atoms with Gasteiger partial charge in [0, 0.05) is 24.0 Å². The molecule has 0 radical (unpaired) electrons. The van der Waals surface area contributed by atoms with Gasteiger partial charge in [-0.3, -0.25) is 4.79 Å². The van der Waals surface area contributed by atoms with Gasteiger partial charge in [0.1, 0.15) is 0 Å². The first-order chi connectivity index (χ1) is 14.0. The average Bonchev–Trinajstić information content (AvgIpc) is 3.11.